The minimum Gasteiger partial charge on any atom is -0.465 e. The molecule has 2 aromatic heterocycles. The normalized spacial score (nSPS) is 18.2. The van der Waals surface area contributed by atoms with Crippen LogP contribution in [0.3, 0.4) is 0 Å². The van der Waals surface area contributed by atoms with Crippen LogP contribution in [0.1, 0.15) is 58.9 Å². The number of para-hydroxylation sites is 1. The second-order valence-corrected chi connectivity index (χ2v) is 8.68. The van der Waals surface area contributed by atoms with Gasteiger partial charge in [-0.2, -0.15) is 0 Å². The number of nitrogens with zero attached hydrogens (tertiary/aromatic N) is 3. The number of carbonyl (C=O) groups is 1. The van der Waals surface area contributed by atoms with Crippen molar-refractivity contribution in [3.8, 4) is 5.69 Å². The second-order valence-electron chi connectivity index (χ2n) is 8.30. The number of hydrogen-bond acceptors (Lipinski definition) is 4. The molecule has 7 heteroatoms. The van der Waals surface area contributed by atoms with Crippen LogP contribution in [0.25, 0.3) is 5.69 Å². The predicted molar refractivity (Wildman–Crippen MR) is 129 cm³/mol. The molecule has 0 amide bonds. The third-order valence-corrected chi connectivity index (χ3v) is 6.36. The van der Waals surface area contributed by atoms with Gasteiger partial charge in [-0.05, 0) is 75.8 Å². The van der Waals surface area contributed by atoms with Crippen LogP contribution in [0, 0.1) is 13.8 Å². The molecule has 3 heterocycles. The number of aryl methyl sites for hydroxylation is 1. The molecule has 1 N–H and O–H groups in total. The number of benzene rings is 1. The van der Waals surface area contributed by atoms with Gasteiger partial charge in [0.1, 0.15) is 0 Å². The first-order valence-corrected chi connectivity index (χ1v) is 11.1. The van der Waals surface area contributed by atoms with Crippen LogP contribution < -0.4 is 5.32 Å². The number of esters is 1. The molecule has 1 fully saturated rings. The molecule has 0 unspecified atom stereocenters. The van der Waals surface area contributed by atoms with Crippen LogP contribution in [0.4, 0.5) is 0 Å². The summed E-state index contributed by atoms with van der Waals surface area (Å²) in [7, 11) is 1.41. The van der Waals surface area contributed by atoms with E-state index in [9.17, 15) is 4.79 Å². The summed E-state index contributed by atoms with van der Waals surface area (Å²) >= 11 is 5.74. The van der Waals surface area contributed by atoms with Crippen molar-refractivity contribution < 1.29 is 9.53 Å². The highest BCUT2D eigenvalue weighted by Gasteiger charge is 2.42. The van der Waals surface area contributed by atoms with Crippen LogP contribution >= 0.6 is 12.2 Å². The van der Waals surface area contributed by atoms with Gasteiger partial charge in [-0.15, -0.1) is 0 Å². The largest absolute Gasteiger partial charge is 0.465 e. The molecule has 32 heavy (non-hydrogen) atoms. The van der Waals surface area contributed by atoms with E-state index in [0.717, 1.165) is 33.4 Å². The van der Waals surface area contributed by atoms with E-state index in [4.69, 9.17) is 17.0 Å². The first-order chi connectivity index (χ1) is 15.3. The third-order valence-electron chi connectivity index (χ3n) is 6.03. The Bertz CT molecular complexity index is 1160. The lowest BCUT2D eigenvalue weighted by Gasteiger charge is -2.31. The van der Waals surface area contributed by atoms with Gasteiger partial charge in [0.2, 0.25) is 0 Å². The molecule has 0 saturated carbocycles. The van der Waals surface area contributed by atoms with Gasteiger partial charge in [0.15, 0.2) is 5.11 Å². The quantitative estimate of drug-likeness (QED) is 0.453. The Balaban J connectivity index is 1.88. The van der Waals surface area contributed by atoms with Crippen LogP contribution in [0.15, 0.2) is 54.7 Å². The highest BCUT2D eigenvalue weighted by Crippen LogP contribution is 2.42. The smallest absolute Gasteiger partial charge is 0.339 e. The summed E-state index contributed by atoms with van der Waals surface area (Å²) in [5, 5.41) is 4.22. The zero-order chi connectivity index (χ0) is 23.0. The fourth-order valence-electron chi connectivity index (χ4n) is 4.66. The van der Waals surface area contributed by atoms with Gasteiger partial charge in [-0.3, -0.25) is 4.98 Å². The molecule has 1 aliphatic heterocycles. The number of thiocarbonyl (C=S) groups is 1. The van der Waals surface area contributed by atoms with E-state index in [2.05, 4.69) is 53.5 Å². The van der Waals surface area contributed by atoms with Crippen molar-refractivity contribution in [2.24, 2.45) is 0 Å². The Morgan fingerprint density at radius 1 is 1.16 bits per heavy atom. The standard InChI is InChI=1S/C25H28N4O2S/c1-15(2)28-23(22(27-25(28)32)20-11-8-9-13-26-20)19-14-16(3)29(17(19)4)21-12-7-6-10-18(21)24(30)31-5/h6-15,22-23H,1-5H3,(H,27,32)/t22-,23-/m0/s1. The average molecular weight is 449 g/mol. The van der Waals surface area contributed by atoms with Crippen molar-refractivity contribution in [3.63, 3.8) is 0 Å². The number of rotatable bonds is 5. The summed E-state index contributed by atoms with van der Waals surface area (Å²) in [6, 6.07) is 15.8. The highest BCUT2D eigenvalue weighted by molar-refractivity contribution is 7.80. The van der Waals surface area contributed by atoms with Gasteiger partial charge in [-0.1, -0.05) is 18.2 Å². The summed E-state index contributed by atoms with van der Waals surface area (Å²) in [5.41, 5.74) is 5.53. The Kier molecular flexibility index (Phi) is 6.02. The molecule has 166 valence electrons. The monoisotopic (exact) mass is 448 g/mol. The molecular formula is C25H28N4O2S. The van der Waals surface area contributed by atoms with Crippen molar-refractivity contribution in [3.05, 3.63) is 82.9 Å². The van der Waals surface area contributed by atoms with Crippen molar-refractivity contribution >= 4 is 23.3 Å². The molecule has 0 bridgehead atoms. The summed E-state index contributed by atoms with van der Waals surface area (Å²) in [4.78, 5) is 19.3. The van der Waals surface area contributed by atoms with Gasteiger partial charge in [0, 0.05) is 23.6 Å². The van der Waals surface area contributed by atoms with E-state index < -0.39 is 0 Å². The topological polar surface area (TPSA) is 59.4 Å². The van der Waals surface area contributed by atoms with Crippen LogP contribution in [0.5, 0.6) is 0 Å². The highest BCUT2D eigenvalue weighted by atomic mass is 32.1. The summed E-state index contributed by atoms with van der Waals surface area (Å²) < 4.78 is 7.15. The van der Waals surface area contributed by atoms with Crippen molar-refractivity contribution in [2.75, 3.05) is 7.11 Å². The Morgan fingerprint density at radius 2 is 1.88 bits per heavy atom. The van der Waals surface area contributed by atoms with Crippen LogP contribution in [-0.2, 0) is 4.74 Å². The number of ether oxygens (including phenoxy) is 1. The maximum Gasteiger partial charge on any atom is 0.339 e. The Morgan fingerprint density at radius 3 is 2.53 bits per heavy atom. The van der Waals surface area contributed by atoms with Crippen molar-refractivity contribution in [2.45, 2.75) is 45.8 Å². The molecule has 1 saturated heterocycles. The molecule has 0 spiro atoms. The molecule has 1 aliphatic rings. The van der Waals surface area contributed by atoms with E-state index in [1.807, 2.05) is 42.6 Å². The molecule has 1 aromatic carbocycles. The number of carbonyl (C=O) groups excluding carboxylic acids is 1. The fraction of sp³-hybridized carbons (Fsp3) is 0.320. The van der Waals surface area contributed by atoms with Gasteiger partial charge >= 0.3 is 5.97 Å². The number of methoxy groups -OCH3 is 1. The van der Waals surface area contributed by atoms with E-state index in [-0.39, 0.29) is 24.1 Å². The molecule has 2 atom stereocenters. The molecule has 4 rings (SSSR count). The van der Waals surface area contributed by atoms with E-state index in [1.54, 1.807) is 6.07 Å². The summed E-state index contributed by atoms with van der Waals surface area (Å²) in [5.74, 6) is -0.353. The van der Waals surface area contributed by atoms with Crippen LogP contribution in [-0.4, -0.2) is 38.7 Å². The van der Waals surface area contributed by atoms with Crippen molar-refractivity contribution in [1.82, 2.24) is 19.8 Å². The van der Waals surface area contributed by atoms with E-state index in [0.29, 0.717) is 5.56 Å². The third kappa shape index (κ3) is 3.66. The molecular weight excluding hydrogens is 420 g/mol. The van der Waals surface area contributed by atoms with Gasteiger partial charge in [-0.25, -0.2) is 4.79 Å². The van der Waals surface area contributed by atoms with Crippen molar-refractivity contribution in [1.29, 1.82) is 0 Å². The van der Waals surface area contributed by atoms with Gasteiger partial charge < -0.3 is 19.5 Å². The zero-order valence-corrected chi connectivity index (χ0v) is 19.8. The van der Waals surface area contributed by atoms with Gasteiger partial charge in [0.25, 0.3) is 0 Å². The summed E-state index contributed by atoms with van der Waals surface area (Å²) in [6.07, 6.45) is 1.81. The van der Waals surface area contributed by atoms with Crippen LogP contribution in [0.2, 0.25) is 0 Å². The average Bonchev–Trinajstić information content (AvgIpc) is 3.29. The maximum absolute atomic E-state index is 12.4. The maximum atomic E-state index is 12.4. The lowest BCUT2D eigenvalue weighted by molar-refractivity contribution is 0.0600. The summed E-state index contributed by atoms with van der Waals surface area (Å²) in [6.45, 7) is 8.44. The predicted octanol–water partition coefficient (Wildman–Crippen LogP) is 4.66. The number of hydrogen-bond donors (Lipinski definition) is 1. The Labute approximate surface area is 194 Å². The zero-order valence-electron chi connectivity index (χ0n) is 19.0. The number of aromatic nitrogens is 2. The second kappa shape index (κ2) is 8.74. The SMILES string of the molecule is COC(=O)c1ccccc1-n1c(C)cc([C@H]2[C@H](c3ccccn3)NC(=S)N2C(C)C)c1C. The van der Waals surface area contributed by atoms with Gasteiger partial charge in [0.05, 0.1) is 36.1 Å². The number of pyridine rings is 1. The lowest BCUT2D eigenvalue weighted by atomic mass is 9.96. The first-order valence-electron chi connectivity index (χ1n) is 10.7. The minimum atomic E-state index is -0.353. The minimum absolute atomic E-state index is 0.0253. The molecule has 0 aliphatic carbocycles. The molecule has 0 radical (unpaired) electrons. The van der Waals surface area contributed by atoms with E-state index >= 15 is 0 Å². The Hall–Kier alpha value is -3.19. The lowest BCUT2D eigenvalue weighted by Crippen LogP contribution is -2.35. The van der Waals surface area contributed by atoms with E-state index in [1.165, 1.54) is 7.11 Å². The molecule has 6 nitrogen and oxygen atoms in total. The molecule has 3 aromatic rings. The fourth-order valence-corrected chi connectivity index (χ4v) is 5.11. The first kappa shape index (κ1) is 22.0. The number of nitrogens with one attached hydrogen (secondary N) is 1.